The molecule has 1 aromatic heterocycles. The molecule has 0 saturated heterocycles. The number of rotatable bonds is 7. The molecule has 1 aliphatic rings. The zero-order chi connectivity index (χ0) is 21.0. The van der Waals surface area contributed by atoms with E-state index in [1.165, 1.54) is 11.3 Å². The van der Waals surface area contributed by atoms with Crippen LogP contribution in [0.5, 0.6) is 0 Å². The third-order valence-corrected chi connectivity index (χ3v) is 5.36. The highest BCUT2D eigenvalue weighted by Crippen LogP contribution is 2.38. The normalized spacial score (nSPS) is 15.4. The van der Waals surface area contributed by atoms with Crippen LogP contribution in [-0.4, -0.2) is 42.4 Å². The van der Waals surface area contributed by atoms with E-state index in [1.807, 2.05) is 44.2 Å². The van der Waals surface area contributed by atoms with E-state index >= 15 is 0 Å². The quantitative estimate of drug-likeness (QED) is 0.544. The summed E-state index contributed by atoms with van der Waals surface area (Å²) >= 11 is 1.48. The van der Waals surface area contributed by atoms with Crippen molar-refractivity contribution in [2.75, 3.05) is 19.8 Å². The van der Waals surface area contributed by atoms with Gasteiger partial charge in [-0.05, 0) is 27.7 Å². The van der Waals surface area contributed by atoms with E-state index in [9.17, 15) is 9.59 Å². The highest BCUT2D eigenvalue weighted by molar-refractivity contribution is 7.15. The third kappa shape index (κ3) is 4.65. The molecule has 2 aromatic rings. The van der Waals surface area contributed by atoms with Crippen LogP contribution in [-0.2, 0) is 19.0 Å². The van der Waals surface area contributed by atoms with E-state index in [-0.39, 0.29) is 30.5 Å². The molecular weight excluding hydrogens is 392 g/mol. The van der Waals surface area contributed by atoms with E-state index < -0.39 is 11.7 Å². The molecule has 0 unspecified atom stereocenters. The number of benzene rings is 1. The molecule has 7 nitrogen and oxygen atoms in total. The number of amides is 1. The lowest BCUT2D eigenvalue weighted by Crippen LogP contribution is -2.39. The van der Waals surface area contributed by atoms with Gasteiger partial charge in [0.15, 0.2) is 5.76 Å². The van der Waals surface area contributed by atoms with Gasteiger partial charge >= 0.3 is 6.16 Å². The van der Waals surface area contributed by atoms with E-state index in [1.54, 1.807) is 13.8 Å². The molecule has 0 aliphatic carbocycles. The van der Waals surface area contributed by atoms with Crippen LogP contribution in [0, 0.1) is 6.92 Å². The number of ether oxygens (including phenoxy) is 3. The summed E-state index contributed by atoms with van der Waals surface area (Å²) < 4.78 is 15.6. The Morgan fingerprint density at radius 2 is 1.93 bits per heavy atom. The van der Waals surface area contributed by atoms with Gasteiger partial charge in [0, 0.05) is 17.0 Å². The smallest absolute Gasteiger partial charge is 0.432 e. The zero-order valence-corrected chi connectivity index (χ0v) is 17.7. The number of aryl methyl sites for hydroxylation is 1. The fraction of sp³-hybridized carbons (Fsp3) is 0.381. The Hall–Kier alpha value is -2.71. The van der Waals surface area contributed by atoms with Gasteiger partial charge in [0.2, 0.25) is 0 Å². The number of hydrogen-bond donors (Lipinski definition) is 1. The lowest BCUT2D eigenvalue weighted by atomic mass is 10.0. The molecule has 0 saturated carbocycles. The first-order valence-electron chi connectivity index (χ1n) is 9.36. The fourth-order valence-corrected chi connectivity index (χ4v) is 3.91. The van der Waals surface area contributed by atoms with Gasteiger partial charge in [-0.3, -0.25) is 4.79 Å². The molecule has 0 radical (unpaired) electrons. The maximum Gasteiger partial charge on any atom is 0.513 e. The number of thiazole rings is 1. The first kappa shape index (κ1) is 21.0. The topological polar surface area (TPSA) is 86.8 Å². The van der Waals surface area contributed by atoms with Crippen molar-refractivity contribution in [3.63, 3.8) is 0 Å². The van der Waals surface area contributed by atoms with Crippen LogP contribution in [0.4, 0.5) is 4.79 Å². The van der Waals surface area contributed by atoms with Gasteiger partial charge in [-0.2, -0.15) is 0 Å². The average molecular weight is 416 g/mol. The van der Waals surface area contributed by atoms with Crippen LogP contribution >= 0.6 is 11.3 Å². The minimum Gasteiger partial charge on any atom is -0.432 e. The summed E-state index contributed by atoms with van der Waals surface area (Å²) in [6, 6.07) is 9.72. The molecule has 1 N–H and O–H groups in total. The molecule has 0 bridgehead atoms. The molecule has 1 aliphatic heterocycles. The van der Waals surface area contributed by atoms with Crippen LogP contribution in [0.25, 0.3) is 16.1 Å². The summed E-state index contributed by atoms with van der Waals surface area (Å²) in [7, 11) is 0. The van der Waals surface area contributed by atoms with E-state index in [2.05, 4.69) is 10.3 Å². The number of nitrogens with one attached hydrogen (secondary N) is 1. The summed E-state index contributed by atoms with van der Waals surface area (Å²) in [6.07, 6.45) is -0.877. The van der Waals surface area contributed by atoms with Gasteiger partial charge in [0.25, 0.3) is 5.91 Å². The number of aromatic nitrogens is 1. The second-order valence-corrected chi connectivity index (χ2v) is 8.17. The summed E-state index contributed by atoms with van der Waals surface area (Å²) in [5.74, 6) is -0.128. The van der Waals surface area contributed by atoms with Crippen molar-refractivity contribution in [3.8, 4) is 10.6 Å². The van der Waals surface area contributed by atoms with Crippen molar-refractivity contribution < 1.29 is 23.8 Å². The number of carbonyl (C=O) groups is 2. The molecular formula is C21H24N2O5S. The summed E-state index contributed by atoms with van der Waals surface area (Å²) in [6.45, 7) is 8.17. The minimum absolute atomic E-state index is 0.0744. The predicted molar refractivity (Wildman–Crippen MR) is 110 cm³/mol. The zero-order valence-electron chi connectivity index (χ0n) is 16.9. The monoisotopic (exact) mass is 416 g/mol. The van der Waals surface area contributed by atoms with Gasteiger partial charge in [-0.15, -0.1) is 11.3 Å². The highest BCUT2D eigenvalue weighted by Gasteiger charge is 2.43. The molecule has 1 aromatic carbocycles. The summed E-state index contributed by atoms with van der Waals surface area (Å²) in [5.41, 5.74) is 0.860. The third-order valence-electron chi connectivity index (χ3n) is 4.34. The Bertz CT molecular complexity index is 934. The van der Waals surface area contributed by atoms with Gasteiger partial charge in [-0.1, -0.05) is 30.3 Å². The lowest BCUT2D eigenvalue weighted by Gasteiger charge is -2.21. The van der Waals surface area contributed by atoms with Gasteiger partial charge in [0.05, 0.1) is 17.8 Å². The fourth-order valence-electron chi connectivity index (χ4n) is 2.99. The van der Waals surface area contributed by atoms with Crippen LogP contribution in [0.15, 0.2) is 36.1 Å². The predicted octanol–water partition coefficient (Wildman–Crippen LogP) is 3.93. The number of hydrogen-bond acceptors (Lipinski definition) is 7. The Morgan fingerprint density at radius 1 is 1.21 bits per heavy atom. The second-order valence-electron chi connectivity index (χ2n) is 6.97. The second kappa shape index (κ2) is 8.75. The Kier molecular flexibility index (Phi) is 6.34. The van der Waals surface area contributed by atoms with E-state index in [0.717, 1.165) is 15.4 Å². The molecule has 8 heteroatoms. The summed E-state index contributed by atoms with van der Waals surface area (Å²) in [5, 5.41) is 3.64. The van der Waals surface area contributed by atoms with Gasteiger partial charge < -0.3 is 19.5 Å². The van der Waals surface area contributed by atoms with Crippen LogP contribution in [0.2, 0.25) is 0 Å². The molecule has 0 spiro atoms. The molecule has 154 valence electrons. The van der Waals surface area contributed by atoms with E-state index in [0.29, 0.717) is 12.3 Å². The number of nitrogens with zero attached hydrogens (tertiary/aromatic N) is 1. The minimum atomic E-state index is -0.877. The maximum atomic E-state index is 12.7. The largest absolute Gasteiger partial charge is 0.513 e. The van der Waals surface area contributed by atoms with Crippen molar-refractivity contribution >= 4 is 29.0 Å². The van der Waals surface area contributed by atoms with Crippen LogP contribution in [0.1, 0.15) is 31.3 Å². The van der Waals surface area contributed by atoms with Crippen molar-refractivity contribution in [2.45, 2.75) is 33.2 Å². The molecule has 2 heterocycles. The first-order valence-corrected chi connectivity index (χ1v) is 10.2. The van der Waals surface area contributed by atoms with Crippen molar-refractivity contribution in [1.29, 1.82) is 0 Å². The standard InChI is InChI=1S/C21H24N2O5S/c1-5-26-11-12-27-20(25)28-17-15(18(24)23-21(17,3)4)16-13(2)29-19(22-16)14-9-7-6-8-10-14/h6-10H,5,11-12H2,1-4H3,(H,23,24). The molecule has 0 atom stereocenters. The molecule has 29 heavy (non-hydrogen) atoms. The van der Waals surface area contributed by atoms with Crippen molar-refractivity contribution in [1.82, 2.24) is 10.3 Å². The van der Waals surface area contributed by atoms with Crippen molar-refractivity contribution in [2.24, 2.45) is 0 Å². The lowest BCUT2D eigenvalue weighted by molar-refractivity contribution is -0.116. The molecule has 1 amide bonds. The molecule has 3 rings (SSSR count). The average Bonchev–Trinajstić information content (AvgIpc) is 3.16. The first-order chi connectivity index (χ1) is 13.8. The van der Waals surface area contributed by atoms with Gasteiger partial charge in [-0.25, -0.2) is 9.78 Å². The summed E-state index contributed by atoms with van der Waals surface area (Å²) in [4.78, 5) is 30.4. The maximum absolute atomic E-state index is 12.7. The van der Waals surface area contributed by atoms with Gasteiger partial charge in [0.1, 0.15) is 17.2 Å². The molecule has 0 fully saturated rings. The van der Waals surface area contributed by atoms with Crippen LogP contribution < -0.4 is 5.32 Å². The van der Waals surface area contributed by atoms with Crippen molar-refractivity contribution in [3.05, 3.63) is 46.7 Å². The highest BCUT2D eigenvalue weighted by atomic mass is 32.1. The van der Waals surface area contributed by atoms with Crippen LogP contribution in [0.3, 0.4) is 0 Å². The SMILES string of the molecule is CCOCCOC(=O)OC1=C(c2nc(-c3ccccc3)sc2C)C(=O)NC1(C)C. The van der Waals surface area contributed by atoms with E-state index in [4.69, 9.17) is 14.2 Å². The number of carbonyl (C=O) groups excluding carboxylic acids is 2. The Labute approximate surface area is 173 Å². The Morgan fingerprint density at radius 3 is 2.62 bits per heavy atom. The Balaban J connectivity index is 1.92.